The van der Waals surface area contributed by atoms with Crippen LogP contribution in [0.15, 0.2) is 35.1 Å². The van der Waals surface area contributed by atoms with E-state index < -0.39 is 0 Å². The second kappa shape index (κ2) is 8.87. The van der Waals surface area contributed by atoms with Gasteiger partial charge in [-0.3, -0.25) is 5.32 Å². The Morgan fingerprint density at radius 3 is 2.72 bits per heavy atom. The van der Waals surface area contributed by atoms with Gasteiger partial charge in [0.25, 0.3) is 0 Å². The summed E-state index contributed by atoms with van der Waals surface area (Å²) in [6, 6.07) is 5.43. The maximum Gasteiger partial charge on any atom is 0.321 e. The fourth-order valence-electron chi connectivity index (χ4n) is 2.80. The molecule has 10 nitrogen and oxygen atoms in total. The van der Waals surface area contributed by atoms with Crippen molar-refractivity contribution in [1.82, 2.24) is 30.4 Å². The monoisotopic (exact) mass is 453 g/mol. The summed E-state index contributed by atoms with van der Waals surface area (Å²) in [4.78, 5) is 29.6. The summed E-state index contributed by atoms with van der Waals surface area (Å²) in [5, 5.41) is 10.0. The van der Waals surface area contributed by atoms with Gasteiger partial charge in [-0.1, -0.05) is 43.3 Å². The number of fused-ring (bicyclic) bond motifs is 1. The van der Waals surface area contributed by atoms with Crippen LogP contribution in [0.1, 0.15) is 32.5 Å². The van der Waals surface area contributed by atoms with Gasteiger partial charge in [0.05, 0.1) is 35.4 Å². The molecule has 0 aliphatic heterocycles. The number of ether oxygens (including phenoxy) is 1. The Hall–Kier alpha value is -3.60. The topological polar surface area (TPSA) is 128 Å². The van der Waals surface area contributed by atoms with E-state index in [-0.39, 0.29) is 11.4 Å². The van der Waals surface area contributed by atoms with E-state index in [4.69, 9.17) is 9.26 Å². The van der Waals surface area contributed by atoms with Crippen LogP contribution in [-0.4, -0.2) is 44.8 Å². The summed E-state index contributed by atoms with van der Waals surface area (Å²) in [5.41, 5.74) is 2.21. The lowest BCUT2D eigenvalue weighted by molar-refractivity contribution is 0.252. The Balaban J connectivity index is 1.35. The van der Waals surface area contributed by atoms with Crippen LogP contribution in [0.3, 0.4) is 0 Å². The van der Waals surface area contributed by atoms with Gasteiger partial charge in [-0.05, 0) is 12.1 Å². The van der Waals surface area contributed by atoms with Gasteiger partial charge in [0.2, 0.25) is 11.8 Å². The third-order valence-corrected chi connectivity index (χ3v) is 5.42. The number of rotatable bonds is 6. The molecule has 3 heterocycles. The molecule has 0 atom stereocenters. The molecule has 0 saturated heterocycles. The van der Waals surface area contributed by atoms with Gasteiger partial charge >= 0.3 is 6.03 Å². The summed E-state index contributed by atoms with van der Waals surface area (Å²) in [6.45, 7) is 6.38. The number of hydrogen-bond donors (Lipinski definition) is 2. The molecule has 2 amide bonds. The van der Waals surface area contributed by atoms with Crippen LogP contribution in [-0.2, 0) is 11.8 Å². The zero-order chi connectivity index (χ0) is 22.7. The van der Waals surface area contributed by atoms with Crippen molar-refractivity contribution in [2.24, 2.45) is 0 Å². The minimum absolute atomic E-state index is 0.206. The number of nitrogens with one attached hydrogen (secondary N) is 2. The van der Waals surface area contributed by atoms with Crippen LogP contribution in [0.25, 0.3) is 21.5 Å². The number of carbonyl (C=O) groups is 1. The summed E-state index contributed by atoms with van der Waals surface area (Å²) >= 11 is 1.38. The lowest BCUT2D eigenvalue weighted by Crippen LogP contribution is -2.30. The highest BCUT2D eigenvalue weighted by atomic mass is 32.1. The van der Waals surface area contributed by atoms with Gasteiger partial charge in [-0.2, -0.15) is 4.98 Å². The first-order valence-corrected chi connectivity index (χ1v) is 10.8. The second-order valence-electron chi connectivity index (χ2n) is 8.04. The van der Waals surface area contributed by atoms with Gasteiger partial charge in [-0.25, -0.2) is 19.7 Å². The number of carbonyl (C=O) groups excluding carboxylic acids is 1. The van der Waals surface area contributed by atoms with Gasteiger partial charge in [0.15, 0.2) is 11.0 Å². The summed E-state index contributed by atoms with van der Waals surface area (Å²) < 4.78 is 11.2. The number of methoxy groups -OCH3 is 1. The summed E-state index contributed by atoms with van der Waals surface area (Å²) in [6.07, 6.45) is 3.70. The van der Waals surface area contributed by atoms with E-state index >= 15 is 0 Å². The van der Waals surface area contributed by atoms with Crippen molar-refractivity contribution in [3.05, 3.63) is 42.3 Å². The van der Waals surface area contributed by atoms with Crippen LogP contribution < -0.4 is 15.4 Å². The number of thiazole rings is 1. The van der Waals surface area contributed by atoms with E-state index in [9.17, 15) is 4.79 Å². The molecule has 0 saturated carbocycles. The van der Waals surface area contributed by atoms with E-state index in [0.717, 1.165) is 21.5 Å². The number of aromatic nitrogens is 5. The van der Waals surface area contributed by atoms with Crippen LogP contribution in [0.2, 0.25) is 0 Å². The Bertz CT molecular complexity index is 1230. The molecule has 0 aliphatic rings. The highest BCUT2D eigenvalue weighted by Gasteiger charge is 2.21. The lowest BCUT2D eigenvalue weighted by atomic mass is 9.97. The van der Waals surface area contributed by atoms with Gasteiger partial charge < -0.3 is 14.6 Å². The number of amides is 2. The Morgan fingerprint density at radius 2 is 2.03 bits per heavy atom. The first-order valence-electron chi connectivity index (χ1n) is 9.97. The van der Waals surface area contributed by atoms with E-state index in [1.165, 1.54) is 11.3 Å². The molecule has 4 rings (SSSR count). The molecule has 0 spiro atoms. The van der Waals surface area contributed by atoms with Crippen LogP contribution in [0.5, 0.6) is 5.88 Å². The molecule has 0 unspecified atom stereocenters. The van der Waals surface area contributed by atoms with E-state index in [0.29, 0.717) is 35.7 Å². The van der Waals surface area contributed by atoms with Crippen LogP contribution >= 0.6 is 11.3 Å². The first-order chi connectivity index (χ1) is 15.3. The van der Waals surface area contributed by atoms with Gasteiger partial charge in [0, 0.05) is 23.9 Å². The third kappa shape index (κ3) is 4.99. The van der Waals surface area contributed by atoms with Crippen molar-refractivity contribution in [2.45, 2.75) is 32.6 Å². The highest BCUT2D eigenvalue weighted by molar-refractivity contribution is 7.22. The van der Waals surface area contributed by atoms with Gasteiger partial charge in [-0.15, -0.1) is 0 Å². The predicted octanol–water partition coefficient (Wildman–Crippen LogP) is 3.81. The van der Waals surface area contributed by atoms with Crippen LogP contribution in [0, 0.1) is 0 Å². The molecule has 11 heteroatoms. The lowest BCUT2D eigenvalue weighted by Gasteiger charge is -2.10. The number of hydrogen-bond acceptors (Lipinski definition) is 9. The maximum absolute atomic E-state index is 12.2. The summed E-state index contributed by atoms with van der Waals surface area (Å²) in [7, 11) is 1.55. The number of urea groups is 1. The van der Waals surface area contributed by atoms with Crippen molar-refractivity contribution in [3.63, 3.8) is 0 Å². The molecule has 1 aromatic carbocycles. The van der Waals surface area contributed by atoms with Crippen molar-refractivity contribution >= 4 is 32.7 Å². The fourth-order valence-corrected chi connectivity index (χ4v) is 3.70. The Kier molecular flexibility index (Phi) is 5.99. The first kappa shape index (κ1) is 21.6. The molecule has 0 bridgehead atoms. The molecule has 3 aromatic heterocycles. The van der Waals surface area contributed by atoms with Crippen molar-refractivity contribution in [1.29, 1.82) is 0 Å². The second-order valence-corrected chi connectivity index (χ2v) is 9.07. The molecule has 0 aliphatic carbocycles. The number of nitrogens with zero attached hydrogens (tertiary/aromatic N) is 5. The van der Waals surface area contributed by atoms with Gasteiger partial charge in [0.1, 0.15) is 0 Å². The van der Waals surface area contributed by atoms with Crippen molar-refractivity contribution in [2.75, 3.05) is 19.0 Å². The van der Waals surface area contributed by atoms with Crippen molar-refractivity contribution in [3.8, 4) is 17.1 Å². The number of benzene rings is 1. The standard InChI is InChI=1S/C21H23N7O3S/c1-21(2,3)18-26-16(28-31-18)7-8-22-19(29)27-20-25-13-6-5-12(9-15(13)32-20)14-10-24-17(30-4)11-23-14/h5-6,9-11H,7-8H2,1-4H3,(H2,22,25,27,29). The molecular weight excluding hydrogens is 430 g/mol. The normalized spacial score (nSPS) is 11.5. The third-order valence-electron chi connectivity index (χ3n) is 4.49. The largest absolute Gasteiger partial charge is 0.480 e. The smallest absolute Gasteiger partial charge is 0.321 e. The SMILES string of the molecule is COc1cnc(-c2ccc3nc(NC(=O)NCCc4noc(C(C)(C)C)n4)sc3c2)cn1. The summed E-state index contributed by atoms with van der Waals surface area (Å²) in [5.74, 6) is 1.59. The molecule has 0 fully saturated rings. The highest BCUT2D eigenvalue weighted by Crippen LogP contribution is 2.30. The van der Waals surface area contributed by atoms with E-state index in [2.05, 4.69) is 35.7 Å². The molecule has 4 aromatic rings. The number of anilines is 1. The van der Waals surface area contributed by atoms with Crippen molar-refractivity contribution < 1.29 is 14.1 Å². The quantitative estimate of drug-likeness (QED) is 0.451. The molecule has 166 valence electrons. The molecule has 32 heavy (non-hydrogen) atoms. The minimum Gasteiger partial charge on any atom is -0.480 e. The molecule has 2 N–H and O–H groups in total. The van der Waals surface area contributed by atoms with E-state index in [1.807, 2.05) is 39.0 Å². The predicted molar refractivity (Wildman–Crippen MR) is 121 cm³/mol. The van der Waals surface area contributed by atoms with Crippen LogP contribution in [0.4, 0.5) is 9.93 Å². The zero-order valence-electron chi connectivity index (χ0n) is 18.2. The van der Waals surface area contributed by atoms with E-state index in [1.54, 1.807) is 19.5 Å². The maximum atomic E-state index is 12.2. The fraction of sp³-hybridized carbons (Fsp3) is 0.333. The molecule has 0 radical (unpaired) electrons. The minimum atomic E-state index is -0.343. The Labute approximate surface area is 188 Å². The average Bonchev–Trinajstić information content (AvgIpc) is 3.39. The molecular formula is C21H23N7O3S. The Morgan fingerprint density at radius 1 is 1.19 bits per heavy atom. The average molecular weight is 454 g/mol. The zero-order valence-corrected chi connectivity index (χ0v) is 19.0.